The molecule has 0 bridgehead atoms. The number of rotatable bonds is 26. The summed E-state index contributed by atoms with van der Waals surface area (Å²) in [4.78, 5) is 108. The van der Waals surface area contributed by atoms with Crippen molar-refractivity contribution in [2.45, 2.75) is 102 Å². The van der Waals surface area contributed by atoms with Gasteiger partial charge in [0.1, 0.15) is 56.4 Å². The fourth-order valence-corrected chi connectivity index (χ4v) is 6.98. The van der Waals surface area contributed by atoms with Gasteiger partial charge < -0.3 is 65.7 Å². The first-order chi connectivity index (χ1) is 37.5. The van der Waals surface area contributed by atoms with E-state index in [0.29, 0.717) is 0 Å². The van der Waals surface area contributed by atoms with E-state index in [0.717, 1.165) is 38.7 Å². The molecule has 6 aromatic rings. The molecule has 0 unspecified atom stereocenters. The van der Waals surface area contributed by atoms with E-state index < -0.39 is 72.1 Å². The zero-order chi connectivity index (χ0) is 56.7. The van der Waals surface area contributed by atoms with E-state index in [9.17, 15) is 48.3 Å². The summed E-state index contributed by atoms with van der Waals surface area (Å²) in [6, 6.07) is 39.7. The normalized spacial score (nSPS) is 11.9. The van der Waals surface area contributed by atoms with E-state index in [1.165, 1.54) is 6.92 Å². The van der Waals surface area contributed by atoms with E-state index in [-0.39, 0.29) is 77.2 Å². The standard InChI is InChI=1S/C21H23NO5.C20H21NO6.C16H19N3O5/c1-16(23)12-13-19(20(24)26-14-17-8-4-2-5-9-17)22-21(25)27-15-18-10-6-3-7-11-18;22-18(23)12-11-17(19(24)26-13-15-7-3-1-4-8-15)21-20(25)27-14-16-9-5-2-6-10-16;17-11(15(21)22)5-6-14(20)19-13(16(23)24)7-9-8-18-12-4-2-1-3-10(9)12/h2-11,19H,12-15H2,1H3,(H,22,25);1-10,17H,11-14H2,(H,21,25)(H,22,23);1-4,8,11,13,18H,5-7,17H2,(H,19,20)(H,21,22)(H,23,24)/t19-;17-;11-,13+/m111/s1. The van der Waals surface area contributed by atoms with Crippen LogP contribution in [0.4, 0.5) is 9.59 Å². The highest BCUT2D eigenvalue weighted by Crippen LogP contribution is 2.19. The van der Waals surface area contributed by atoms with Crippen LogP contribution in [0.5, 0.6) is 0 Å². The van der Waals surface area contributed by atoms with Crippen LogP contribution in [0.15, 0.2) is 152 Å². The van der Waals surface area contributed by atoms with Crippen LogP contribution in [0.1, 0.15) is 73.3 Å². The van der Waals surface area contributed by atoms with Crippen LogP contribution in [-0.4, -0.2) is 98.2 Å². The summed E-state index contributed by atoms with van der Waals surface area (Å²) < 4.78 is 20.7. The molecule has 3 amide bonds. The summed E-state index contributed by atoms with van der Waals surface area (Å²) in [5.41, 5.74) is 10.2. The van der Waals surface area contributed by atoms with Gasteiger partial charge in [-0.2, -0.15) is 0 Å². The number of hydrogen-bond donors (Lipinski definition) is 8. The third kappa shape index (κ3) is 23.9. The average Bonchev–Trinajstić information content (AvgIpc) is 3.86. The molecule has 0 aliphatic heterocycles. The van der Waals surface area contributed by atoms with Crippen LogP contribution in [-0.2, 0) is 85.4 Å². The van der Waals surface area contributed by atoms with Crippen molar-refractivity contribution in [3.05, 3.63) is 180 Å². The monoisotopic (exact) mass is 1070 g/mol. The number of alkyl carbamates (subject to hydrolysis) is 2. The quantitative estimate of drug-likeness (QED) is 0.0205. The summed E-state index contributed by atoms with van der Waals surface area (Å²) in [7, 11) is 0. The van der Waals surface area contributed by atoms with E-state index in [4.69, 9.17) is 34.9 Å². The molecule has 21 heteroatoms. The molecule has 0 spiro atoms. The number of H-pyrrole nitrogens is 1. The smallest absolute Gasteiger partial charge is 0.408 e. The number of hydrogen-bond acceptors (Lipinski definition) is 14. The zero-order valence-corrected chi connectivity index (χ0v) is 42.7. The number of carboxylic acids is 3. The number of ether oxygens (including phenoxy) is 4. The second-order valence-electron chi connectivity index (χ2n) is 17.4. The van der Waals surface area contributed by atoms with Crippen molar-refractivity contribution in [2.75, 3.05) is 0 Å². The third-order valence-corrected chi connectivity index (χ3v) is 11.2. The Balaban J connectivity index is 0.000000253. The summed E-state index contributed by atoms with van der Waals surface area (Å²) >= 11 is 0. The molecule has 0 aliphatic rings. The number of carbonyl (C=O) groups is 9. The van der Waals surface area contributed by atoms with Crippen molar-refractivity contribution < 1.29 is 77.4 Å². The highest BCUT2D eigenvalue weighted by molar-refractivity contribution is 5.87. The Morgan fingerprint density at radius 2 is 0.897 bits per heavy atom. The van der Waals surface area contributed by atoms with Crippen LogP contribution in [0.25, 0.3) is 10.9 Å². The second-order valence-corrected chi connectivity index (χ2v) is 17.4. The predicted octanol–water partition coefficient (Wildman–Crippen LogP) is 6.76. The molecule has 0 fully saturated rings. The third-order valence-electron chi connectivity index (χ3n) is 11.2. The van der Waals surface area contributed by atoms with Gasteiger partial charge in [-0.3, -0.25) is 14.4 Å². The topological polar surface area (TPSA) is 329 Å². The molecule has 0 radical (unpaired) electrons. The van der Waals surface area contributed by atoms with Crippen molar-refractivity contribution in [3.63, 3.8) is 0 Å². The Labute approximate surface area is 449 Å². The van der Waals surface area contributed by atoms with Gasteiger partial charge in [-0.1, -0.05) is 140 Å². The molecule has 4 atom stereocenters. The first-order valence-corrected chi connectivity index (χ1v) is 24.6. The Bertz CT molecular complexity index is 2740. The van der Waals surface area contributed by atoms with Crippen molar-refractivity contribution in [1.29, 1.82) is 0 Å². The molecule has 9 N–H and O–H groups in total. The van der Waals surface area contributed by atoms with Crippen molar-refractivity contribution in [1.82, 2.24) is 20.9 Å². The molecule has 78 heavy (non-hydrogen) atoms. The maximum absolute atomic E-state index is 12.3. The summed E-state index contributed by atoms with van der Waals surface area (Å²) in [6.07, 6.45) is 0.0190. The number of esters is 2. The molecule has 21 nitrogen and oxygen atoms in total. The van der Waals surface area contributed by atoms with Gasteiger partial charge in [0.15, 0.2) is 0 Å². The van der Waals surface area contributed by atoms with E-state index in [1.807, 2.05) is 121 Å². The molecule has 412 valence electrons. The number of para-hydroxylation sites is 1. The minimum absolute atomic E-state index is 0.0317. The highest BCUT2D eigenvalue weighted by atomic mass is 16.6. The van der Waals surface area contributed by atoms with E-state index in [1.54, 1.807) is 30.5 Å². The lowest BCUT2D eigenvalue weighted by molar-refractivity contribution is -0.148. The minimum Gasteiger partial charge on any atom is -0.481 e. The van der Waals surface area contributed by atoms with Gasteiger partial charge in [0, 0.05) is 42.8 Å². The fourth-order valence-electron chi connectivity index (χ4n) is 6.98. The van der Waals surface area contributed by atoms with Gasteiger partial charge >= 0.3 is 42.0 Å². The van der Waals surface area contributed by atoms with Gasteiger partial charge in [-0.25, -0.2) is 24.0 Å². The molecule has 1 aromatic heterocycles. The lowest BCUT2D eigenvalue weighted by Gasteiger charge is -2.17. The molecule has 1 heterocycles. The van der Waals surface area contributed by atoms with Crippen LogP contribution < -0.4 is 21.7 Å². The first-order valence-electron chi connectivity index (χ1n) is 24.6. The lowest BCUT2D eigenvalue weighted by Crippen LogP contribution is -2.43. The van der Waals surface area contributed by atoms with E-state index in [2.05, 4.69) is 20.9 Å². The number of aliphatic carboxylic acids is 3. The number of aromatic amines is 1. The van der Waals surface area contributed by atoms with Crippen LogP contribution >= 0.6 is 0 Å². The van der Waals surface area contributed by atoms with Gasteiger partial charge in [0.25, 0.3) is 0 Å². The number of benzene rings is 5. The maximum atomic E-state index is 12.3. The Morgan fingerprint density at radius 3 is 1.31 bits per heavy atom. The van der Waals surface area contributed by atoms with Crippen molar-refractivity contribution >= 4 is 64.6 Å². The van der Waals surface area contributed by atoms with Crippen LogP contribution in [0.3, 0.4) is 0 Å². The van der Waals surface area contributed by atoms with Crippen molar-refractivity contribution in [2.24, 2.45) is 5.73 Å². The molecule has 5 aromatic carbocycles. The highest BCUT2D eigenvalue weighted by Gasteiger charge is 2.26. The second kappa shape index (κ2) is 33.5. The molecule has 6 rings (SSSR count). The van der Waals surface area contributed by atoms with Gasteiger partial charge in [0.05, 0.1) is 0 Å². The van der Waals surface area contributed by atoms with Gasteiger partial charge in [0.2, 0.25) is 5.91 Å². The summed E-state index contributed by atoms with van der Waals surface area (Å²) in [5.74, 6) is -5.36. The maximum Gasteiger partial charge on any atom is 0.408 e. The number of amides is 3. The fraction of sp³-hybridized carbons (Fsp3) is 0.281. The van der Waals surface area contributed by atoms with Gasteiger partial charge in [-0.15, -0.1) is 0 Å². The number of aromatic nitrogens is 1. The Kier molecular flexibility index (Phi) is 26.3. The molecular weight excluding hydrogens is 1010 g/mol. The van der Waals surface area contributed by atoms with Crippen molar-refractivity contribution in [3.8, 4) is 0 Å². The molecule has 0 aliphatic carbocycles. The predicted molar refractivity (Wildman–Crippen MR) is 283 cm³/mol. The van der Waals surface area contributed by atoms with Crippen LogP contribution in [0, 0.1) is 0 Å². The number of fused-ring (bicyclic) bond motifs is 1. The lowest BCUT2D eigenvalue weighted by atomic mass is 10.0. The summed E-state index contributed by atoms with van der Waals surface area (Å²) in [5, 5.41) is 35.0. The van der Waals surface area contributed by atoms with Gasteiger partial charge in [-0.05, 0) is 60.1 Å². The average molecular weight is 1070 g/mol. The number of carboxylic acid groups (broad SMARTS) is 3. The number of ketones is 1. The molecule has 0 saturated heterocycles. The number of nitrogens with one attached hydrogen (secondary N) is 4. The largest absolute Gasteiger partial charge is 0.481 e. The zero-order valence-electron chi connectivity index (χ0n) is 42.7. The van der Waals surface area contributed by atoms with Crippen LogP contribution in [0.2, 0.25) is 0 Å². The minimum atomic E-state index is -1.20. The Morgan fingerprint density at radius 1 is 0.487 bits per heavy atom. The Hall–Kier alpha value is -9.37. The molecular formula is C57H63N5O16. The number of nitrogens with two attached hydrogens (primary N) is 1. The number of carbonyl (C=O) groups excluding carboxylic acids is 6. The summed E-state index contributed by atoms with van der Waals surface area (Å²) in [6.45, 7) is 1.68. The molecule has 0 saturated carbocycles. The number of Topliss-reactive ketones (excluding diaryl/α,β-unsaturated/α-hetero) is 1. The van der Waals surface area contributed by atoms with E-state index >= 15 is 0 Å². The first kappa shape index (κ1) is 61.2. The SMILES string of the molecule is CC(=O)CC[C@@H](NC(=O)OCc1ccccc1)C(=O)OCc1ccccc1.N[C@H](CCC(=O)N[C@@H](Cc1c[nH]c2ccccc12)C(=O)O)C(=O)O.O=C(O)CC[C@@H](NC(=O)OCc1ccccc1)C(=O)OCc1ccccc1.